The van der Waals surface area contributed by atoms with Crippen LogP contribution in [0.2, 0.25) is 0 Å². The van der Waals surface area contributed by atoms with Gasteiger partial charge in [-0.05, 0) is 12.8 Å². The van der Waals surface area contributed by atoms with E-state index in [0.29, 0.717) is 5.82 Å². The Hall–Kier alpha value is -0.980. The van der Waals surface area contributed by atoms with E-state index < -0.39 is 6.10 Å². The monoisotopic (exact) mass is 213 g/mol. The van der Waals surface area contributed by atoms with Gasteiger partial charge in [-0.25, -0.2) is 0 Å². The third-order valence-corrected chi connectivity index (χ3v) is 2.55. The van der Waals surface area contributed by atoms with Crippen molar-refractivity contribution in [2.45, 2.75) is 24.9 Å². The summed E-state index contributed by atoms with van der Waals surface area (Å²) in [6, 6.07) is 0. The fraction of sp³-hybridized carbons (Fsp3) is 0.778. The van der Waals surface area contributed by atoms with Crippen LogP contribution in [0.15, 0.2) is 4.52 Å². The van der Waals surface area contributed by atoms with E-state index in [9.17, 15) is 5.11 Å². The van der Waals surface area contributed by atoms with Gasteiger partial charge >= 0.3 is 0 Å². The van der Waals surface area contributed by atoms with Gasteiger partial charge in [0, 0.05) is 25.7 Å². The molecule has 1 aromatic heterocycles. The molecule has 0 bridgehead atoms. The highest BCUT2D eigenvalue weighted by Gasteiger charge is 2.23. The molecule has 6 nitrogen and oxygen atoms in total. The van der Waals surface area contributed by atoms with Gasteiger partial charge in [-0.3, -0.25) is 0 Å². The van der Waals surface area contributed by atoms with Crippen LogP contribution < -0.4 is 5.73 Å². The summed E-state index contributed by atoms with van der Waals surface area (Å²) in [4.78, 5) is 4.14. The van der Waals surface area contributed by atoms with E-state index >= 15 is 0 Å². The number of ether oxygens (including phenoxy) is 1. The Morgan fingerprint density at radius 3 is 2.87 bits per heavy atom. The van der Waals surface area contributed by atoms with Crippen molar-refractivity contribution in [3.8, 4) is 0 Å². The molecular weight excluding hydrogens is 198 g/mol. The van der Waals surface area contributed by atoms with Crippen LogP contribution in [-0.4, -0.2) is 35.0 Å². The van der Waals surface area contributed by atoms with Crippen molar-refractivity contribution in [1.82, 2.24) is 10.1 Å². The fourth-order valence-electron chi connectivity index (χ4n) is 1.61. The van der Waals surface area contributed by atoms with Gasteiger partial charge in [0.15, 0.2) is 5.82 Å². The van der Waals surface area contributed by atoms with E-state index in [1.807, 2.05) is 0 Å². The Morgan fingerprint density at radius 1 is 1.47 bits per heavy atom. The molecule has 0 aliphatic carbocycles. The first-order chi connectivity index (χ1) is 7.31. The topological polar surface area (TPSA) is 94.4 Å². The Balaban J connectivity index is 2.05. The lowest BCUT2D eigenvalue weighted by Crippen LogP contribution is -2.15. The number of aliphatic hydroxyl groups is 1. The van der Waals surface area contributed by atoms with Gasteiger partial charge in [0.25, 0.3) is 5.89 Å². The molecule has 1 aliphatic heterocycles. The van der Waals surface area contributed by atoms with Crippen LogP contribution in [0.25, 0.3) is 0 Å². The fourth-order valence-corrected chi connectivity index (χ4v) is 1.61. The number of hydrogen-bond acceptors (Lipinski definition) is 6. The molecule has 1 aromatic rings. The lowest BCUT2D eigenvalue weighted by atomic mass is 10.00. The second-order valence-electron chi connectivity index (χ2n) is 3.63. The highest BCUT2D eigenvalue weighted by molar-refractivity contribution is 4.98. The van der Waals surface area contributed by atoms with E-state index in [2.05, 4.69) is 10.1 Å². The zero-order chi connectivity index (χ0) is 10.7. The maximum atomic E-state index is 9.40. The average Bonchev–Trinajstić information content (AvgIpc) is 2.78. The van der Waals surface area contributed by atoms with Gasteiger partial charge in [0.1, 0.15) is 6.10 Å². The number of nitrogens with zero attached hydrogens (tertiary/aromatic N) is 2. The minimum atomic E-state index is -0.855. The average molecular weight is 213 g/mol. The highest BCUT2D eigenvalue weighted by atomic mass is 16.5. The van der Waals surface area contributed by atoms with Crippen LogP contribution >= 0.6 is 0 Å². The van der Waals surface area contributed by atoms with Crippen LogP contribution in [0.5, 0.6) is 0 Å². The van der Waals surface area contributed by atoms with Gasteiger partial charge in [0.2, 0.25) is 0 Å². The lowest BCUT2D eigenvalue weighted by molar-refractivity contribution is 0.0830. The Bertz CT molecular complexity index is 309. The number of hydrogen-bond donors (Lipinski definition) is 2. The molecule has 6 heteroatoms. The highest BCUT2D eigenvalue weighted by Crippen LogP contribution is 2.25. The molecule has 0 spiro atoms. The molecule has 15 heavy (non-hydrogen) atoms. The van der Waals surface area contributed by atoms with Gasteiger partial charge in [-0.1, -0.05) is 5.16 Å². The molecule has 84 valence electrons. The zero-order valence-corrected chi connectivity index (χ0v) is 8.43. The predicted molar refractivity (Wildman–Crippen MR) is 51.1 cm³/mol. The van der Waals surface area contributed by atoms with Gasteiger partial charge < -0.3 is 20.1 Å². The largest absolute Gasteiger partial charge is 0.382 e. The van der Waals surface area contributed by atoms with Crippen molar-refractivity contribution in [3.63, 3.8) is 0 Å². The molecule has 2 heterocycles. The smallest absolute Gasteiger partial charge is 0.256 e. The van der Waals surface area contributed by atoms with E-state index in [1.54, 1.807) is 0 Å². The normalized spacial score (nSPS) is 20.4. The Labute approximate surface area is 87.4 Å². The summed E-state index contributed by atoms with van der Waals surface area (Å²) in [6.07, 6.45) is 0.946. The first-order valence-corrected chi connectivity index (χ1v) is 5.10. The van der Waals surface area contributed by atoms with Crippen molar-refractivity contribution in [2.24, 2.45) is 5.73 Å². The van der Waals surface area contributed by atoms with Crippen LogP contribution in [0, 0.1) is 0 Å². The third kappa shape index (κ3) is 2.34. The van der Waals surface area contributed by atoms with Gasteiger partial charge in [-0.15, -0.1) is 0 Å². The predicted octanol–water partition coefficient (Wildman–Crippen LogP) is -0.0443. The van der Waals surface area contributed by atoms with Gasteiger partial charge in [-0.2, -0.15) is 4.98 Å². The molecule has 1 aliphatic rings. The first kappa shape index (κ1) is 10.5. The summed E-state index contributed by atoms with van der Waals surface area (Å²) in [7, 11) is 0. The van der Waals surface area contributed by atoms with Crippen molar-refractivity contribution < 1.29 is 14.4 Å². The Morgan fingerprint density at radius 2 is 2.20 bits per heavy atom. The number of nitrogens with two attached hydrogens (primary N) is 1. The summed E-state index contributed by atoms with van der Waals surface area (Å²) in [6.45, 7) is 1.55. The molecule has 0 saturated carbocycles. The first-order valence-electron chi connectivity index (χ1n) is 5.10. The second-order valence-corrected chi connectivity index (χ2v) is 3.63. The van der Waals surface area contributed by atoms with E-state index in [1.165, 1.54) is 0 Å². The maximum absolute atomic E-state index is 9.40. The second kappa shape index (κ2) is 4.69. The zero-order valence-electron chi connectivity index (χ0n) is 8.43. The summed E-state index contributed by atoms with van der Waals surface area (Å²) >= 11 is 0. The number of rotatable bonds is 3. The van der Waals surface area contributed by atoms with E-state index in [0.717, 1.165) is 26.1 Å². The molecule has 1 saturated heterocycles. The minimum absolute atomic E-state index is 0.0927. The third-order valence-electron chi connectivity index (χ3n) is 2.55. The number of aliphatic hydroxyl groups excluding tert-OH is 1. The Kier molecular flexibility index (Phi) is 3.30. The summed E-state index contributed by atoms with van der Waals surface area (Å²) in [5.74, 6) is 1.14. The molecule has 0 aromatic carbocycles. The summed E-state index contributed by atoms with van der Waals surface area (Å²) in [5.41, 5.74) is 5.29. The minimum Gasteiger partial charge on any atom is -0.382 e. The molecule has 3 N–H and O–H groups in total. The number of aromatic nitrogens is 2. The van der Waals surface area contributed by atoms with E-state index in [4.69, 9.17) is 15.0 Å². The standard InChI is InChI=1S/C9H15N3O3/c10-5-7(13)9-11-8(12-15-9)6-1-3-14-4-2-6/h6-7,13H,1-5,10H2/t7-/m0/s1. The molecular formula is C9H15N3O3. The van der Waals surface area contributed by atoms with E-state index in [-0.39, 0.29) is 18.4 Å². The van der Waals surface area contributed by atoms with Crippen molar-refractivity contribution in [2.75, 3.05) is 19.8 Å². The van der Waals surface area contributed by atoms with Crippen molar-refractivity contribution in [1.29, 1.82) is 0 Å². The maximum Gasteiger partial charge on any atom is 0.256 e. The molecule has 0 radical (unpaired) electrons. The SMILES string of the molecule is NC[C@H](O)c1nc(C2CCOCC2)no1. The molecule has 0 unspecified atom stereocenters. The van der Waals surface area contributed by atoms with Crippen LogP contribution in [-0.2, 0) is 4.74 Å². The molecule has 2 rings (SSSR count). The summed E-state index contributed by atoms with van der Waals surface area (Å²) < 4.78 is 10.2. The lowest BCUT2D eigenvalue weighted by Gasteiger charge is -2.18. The van der Waals surface area contributed by atoms with Crippen LogP contribution in [0.1, 0.15) is 36.6 Å². The van der Waals surface area contributed by atoms with Crippen molar-refractivity contribution >= 4 is 0 Å². The van der Waals surface area contributed by atoms with Crippen LogP contribution in [0.3, 0.4) is 0 Å². The van der Waals surface area contributed by atoms with Crippen molar-refractivity contribution in [3.05, 3.63) is 11.7 Å². The molecule has 1 atom stereocenters. The van der Waals surface area contributed by atoms with Crippen LogP contribution in [0.4, 0.5) is 0 Å². The molecule has 0 amide bonds. The molecule has 1 fully saturated rings. The van der Waals surface area contributed by atoms with Gasteiger partial charge in [0.05, 0.1) is 0 Å². The quantitative estimate of drug-likeness (QED) is 0.731. The summed E-state index contributed by atoms with van der Waals surface area (Å²) in [5, 5.41) is 13.2.